The SMILES string of the molecule is CCN(Cc1ccco1)c1ccccc1C(C)=O. The molecule has 0 amide bonds. The third-order valence-electron chi connectivity index (χ3n) is 2.93. The van der Waals surface area contributed by atoms with Crippen molar-refractivity contribution in [1.82, 2.24) is 0 Å². The lowest BCUT2D eigenvalue weighted by Crippen LogP contribution is -2.23. The molecule has 0 aliphatic heterocycles. The van der Waals surface area contributed by atoms with Crippen LogP contribution < -0.4 is 4.90 Å². The van der Waals surface area contributed by atoms with Crippen molar-refractivity contribution in [3.05, 3.63) is 54.0 Å². The molecule has 1 aromatic carbocycles. The monoisotopic (exact) mass is 243 g/mol. The third-order valence-corrected chi connectivity index (χ3v) is 2.93. The molecule has 1 aromatic heterocycles. The Balaban J connectivity index is 2.30. The molecule has 3 heteroatoms. The number of hydrogen-bond acceptors (Lipinski definition) is 3. The topological polar surface area (TPSA) is 33.5 Å². The number of ketones is 1. The lowest BCUT2D eigenvalue weighted by molar-refractivity contribution is 0.101. The van der Waals surface area contributed by atoms with Crippen molar-refractivity contribution < 1.29 is 9.21 Å². The second-order valence-corrected chi connectivity index (χ2v) is 4.17. The molecular formula is C15H17NO2. The summed E-state index contributed by atoms with van der Waals surface area (Å²) in [7, 11) is 0. The van der Waals surface area contributed by atoms with Gasteiger partial charge in [0, 0.05) is 17.8 Å². The van der Waals surface area contributed by atoms with Crippen LogP contribution in [0.4, 0.5) is 5.69 Å². The van der Waals surface area contributed by atoms with Gasteiger partial charge in [0.15, 0.2) is 5.78 Å². The van der Waals surface area contributed by atoms with Crippen molar-refractivity contribution in [2.45, 2.75) is 20.4 Å². The quantitative estimate of drug-likeness (QED) is 0.753. The van der Waals surface area contributed by atoms with Crippen LogP contribution in [0.3, 0.4) is 0 Å². The lowest BCUT2D eigenvalue weighted by Gasteiger charge is -2.24. The van der Waals surface area contributed by atoms with Gasteiger partial charge in [0.05, 0.1) is 12.8 Å². The Hall–Kier alpha value is -2.03. The fraction of sp³-hybridized carbons (Fsp3) is 0.267. The van der Waals surface area contributed by atoms with Gasteiger partial charge in [-0.25, -0.2) is 0 Å². The van der Waals surface area contributed by atoms with E-state index in [0.29, 0.717) is 6.54 Å². The standard InChI is InChI=1S/C15H17NO2/c1-3-16(11-13-7-6-10-18-13)15-9-5-4-8-14(15)12(2)17/h4-10H,3,11H2,1-2H3. The minimum absolute atomic E-state index is 0.0866. The highest BCUT2D eigenvalue weighted by Crippen LogP contribution is 2.22. The van der Waals surface area contributed by atoms with Gasteiger partial charge in [0.1, 0.15) is 5.76 Å². The second-order valence-electron chi connectivity index (χ2n) is 4.17. The molecule has 18 heavy (non-hydrogen) atoms. The second kappa shape index (κ2) is 5.54. The van der Waals surface area contributed by atoms with Crippen molar-refractivity contribution in [2.75, 3.05) is 11.4 Å². The van der Waals surface area contributed by atoms with E-state index in [0.717, 1.165) is 23.6 Å². The van der Waals surface area contributed by atoms with Crippen LogP contribution in [-0.2, 0) is 6.54 Å². The highest BCUT2D eigenvalue weighted by molar-refractivity contribution is 5.99. The Bertz CT molecular complexity index is 517. The number of hydrogen-bond donors (Lipinski definition) is 0. The summed E-state index contributed by atoms with van der Waals surface area (Å²) in [5.74, 6) is 0.985. The maximum absolute atomic E-state index is 11.6. The molecular weight excluding hydrogens is 226 g/mol. The molecule has 3 nitrogen and oxygen atoms in total. The minimum Gasteiger partial charge on any atom is -0.467 e. The number of anilines is 1. The van der Waals surface area contributed by atoms with Crippen LogP contribution in [0.15, 0.2) is 47.1 Å². The van der Waals surface area contributed by atoms with E-state index in [2.05, 4.69) is 11.8 Å². The number of nitrogens with zero attached hydrogens (tertiary/aromatic N) is 1. The van der Waals surface area contributed by atoms with Crippen LogP contribution in [0.1, 0.15) is 30.0 Å². The van der Waals surface area contributed by atoms with E-state index in [-0.39, 0.29) is 5.78 Å². The van der Waals surface area contributed by atoms with Crippen molar-refractivity contribution >= 4 is 11.5 Å². The van der Waals surface area contributed by atoms with Crippen LogP contribution in [-0.4, -0.2) is 12.3 Å². The number of rotatable bonds is 5. The number of benzene rings is 1. The van der Waals surface area contributed by atoms with Gasteiger partial charge >= 0.3 is 0 Å². The number of Topliss-reactive ketones (excluding diaryl/α,β-unsaturated/α-hetero) is 1. The molecule has 0 saturated carbocycles. The molecule has 0 aliphatic rings. The van der Waals surface area contributed by atoms with Gasteiger partial charge in [-0.3, -0.25) is 4.79 Å². The van der Waals surface area contributed by atoms with Crippen molar-refractivity contribution in [3.63, 3.8) is 0 Å². The highest BCUT2D eigenvalue weighted by atomic mass is 16.3. The van der Waals surface area contributed by atoms with E-state index in [1.165, 1.54) is 0 Å². The first-order valence-electron chi connectivity index (χ1n) is 6.09. The zero-order valence-corrected chi connectivity index (χ0v) is 10.7. The smallest absolute Gasteiger partial charge is 0.161 e. The predicted molar refractivity (Wildman–Crippen MR) is 71.9 cm³/mol. The van der Waals surface area contributed by atoms with Gasteiger partial charge in [-0.2, -0.15) is 0 Å². The van der Waals surface area contributed by atoms with Crippen molar-refractivity contribution in [2.24, 2.45) is 0 Å². The summed E-state index contributed by atoms with van der Waals surface area (Å²) in [6, 6.07) is 11.5. The molecule has 0 radical (unpaired) electrons. The van der Waals surface area contributed by atoms with Gasteiger partial charge in [0.2, 0.25) is 0 Å². The van der Waals surface area contributed by atoms with E-state index in [9.17, 15) is 4.79 Å². The normalized spacial score (nSPS) is 10.3. The molecule has 0 spiro atoms. The van der Waals surface area contributed by atoms with E-state index >= 15 is 0 Å². The van der Waals surface area contributed by atoms with E-state index in [1.54, 1.807) is 13.2 Å². The summed E-state index contributed by atoms with van der Waals surface area (Å²) in [5.41, 5.74) is 1.72. The highest BCUT2D eigenvalue weighted by Gasteiger charge is 2.13. The molecule has 2 aromatic rings. The van der Waals surface area contributed by atoms with Crippen LogP contribution in [0.25, 0.3) is 0 Å². The van der Waals surface area contributed by atoms with Gasteiger partial charge in [-0.15, -0.1) is 0 Å². The Morgan fingerprint density at radius 1 is 1.22 bits per heavy atom. The molecule has 0 atom stereocenters. The zero-order valence-electron chi connectivity index (χ0n) is 10.7. The molecule has 0 fully saturated rings. The summed E-state index contributed by atoms with van der Waals surface area (Å²) in [6.45, 7) is 5.16. The Labute approximate surface area is 107 Å². The predicted octanol–water partition coefficient (Wildman–Crippen LogP) is 3.51. The Morgan fingerprint density at radius 2 is 2.00 bits per heavy atom. The summed E-state index contributed by atoms with van der Waals surface area (Å²) in [6.07, 6.45) is 1.67. The first kappa shape index (κ1) is 12.4. The van der Waals surface area contributed by atoms with Gasteiger partial charge < -0.3 is 9.32 Å². The van der Waals surface area contributed by atoms with Gasteiger partial charge in [-0.1, -0.05) is 12.1 Å². The number of para-hydroxylation sites is 1. The average molecular weight is 243 g/mol. The lowest BCUT2D eigenvalue weighted by atomic mass is 10.1. The molecule has 0 N–H and O–H groups in total. The first-order chi connectivity index (χ1) is 8.72. The third kappa shape index (κ3) is 2.62. The van der Waals surface area contributed by atoms with Crippen LogP contribution in [0.5, 0.6) is 0 Å². The number of furan rings is 1. The van der Waals surface area contributed by atoms with Crippen molar-refractivity contribution in [1.29, 1.82) is 0 Å². The van der Waals surface area contributed by atoms with E-state index in [1.807, 2.05) is 36.4 Å². The number of carbonyl (C=O) groups excluding carboxylic acids is 1. The molecule has 0 bridgehead atoms. The van der Waals surface area contributed by atoms with Crippen LogP contribution in [0, 0.1) is 0 Å². The van der Waals surface area contributed by atoms with Gasteiger partial charge in [0.25, 0.3) is 0 Å². The summed E-state index contributed by atoms with van der Waals surface area (Å²) in [5, 5.41) is 0. The van der Waals surface area contributed by atoms with Crippen molar-refractivity contribution in [3.8, 4) is 0 Å². The molecule has 0 saturated heterocycles. The molecule has 94 valence electrons. The molecule has 0 unspecified atom stereocenters. The maximum Gasteiger partial charge on any atom is 0.161 e. The molecule has 1 heterocycles. The fourth-order valence-corrected chi connectivity index (χ4v) is 2.01. The van der Waals surface area contributed by atoms with Gasteiger partial charge in [-0.05, 0) is 38.1 Å². The van der Waals surface area contributed by atoms with E-state index in [4.69, 9.17) is 4.42 Å². The Morgan fingerprint density at radius 3 is 2.61 bits per heavy atom. The Kier molecular flexibility index (Phi) is 3.82. The van der Waals surface area contributed by atoms with Crippen LogP contribution >= 0.6 is 0 Å². The molecule has 0 aliphatic carbocycles. The van der Waals surface area contributed by atoms with Crippen LogP contribution in [0.2, 0.25) is 0 Å². The summed E-state index contributed by atoms with van der Waals surface area (Å²) < 4.78 is 5.36. The molecule has 2 rings (SSSR count). The minimum atomic E-state index is 0.0866. The summed E-state index contributed by atoms with van der Waals surface area (Å²) in [4.78, 5) is 13.8. The summed E-state index contributed by atoms with van der Waals surface area (Å²) >= 11 is 0. The maximum atomic E-state index is 11.6. The first-order valence-corrected chi connectivity index (χ1v) is 6.09. The fourth-order valence-electron chi connectivity index (χ4n) is 2.01. The zero-order chi connectivity index (χ0) is 13.0. The largest absolute Gasteiger partial charge is 0.467 e. The number of carbonyl (C=O) groups is 1. The average Bonchev–Trinajstić information content (AvgIpc) is 2.88. The van der Waals surface area contributed by atoms with E-state index < -0.39 is 0 Å².